The van der Waals surface area contributed by atoms with Crippen LogP contribution in [0.3, 0.4) is 0 Å². The average molecular weight is 215 g/mol. The van der Waals surface area contributed by atoms with Gasteiger partial charge in [0, 0.05) is 12.0 Å². The van der Waals surface area contributed by atoms with E-state index in [1.807, 2.05) is 0 Å². The average Bonchev–Trinajstić information content (AvgIpc) is 2.67. The number of aromatic amines is 1. The van der Waals surface area contributed by atoms with E-state index >= 15 is 0 Å². The Bertz CT molecular complexity index is 486. The first kappa shape index (κ1) is 10.9. The molecule has 0 radical (unpaired) electrons. The van der Waals surface area contributed by atoms with Crippen LogP contribution in [0.15, 0.2) is 18.2 Å². The molecular weight excluding hydrogens is 198 g/mol. The molecule has 0 spiro atoms. The van der Waals surface area contributed by atoms with Crippen LogP contribution in [0.1, 0.15) is 30.3 Å². The molecule has 0 aliphatic heterocycles. The summed E-state index contributed by atoms with van der Waals surface area (Å²) in [6.45, 7) is 6.33. The van der Waals surface area contributed by atoms with Gasteiger partial charge in [0.2, 0.25) is 0 Å². The third-order valence-electron chi connectivity index (χ3n) is 2.64. The maximum absolute atomic E-state index is 4.49. The van der Waals surface area contributed by atoms with Gasteiger partial charge in [0.05, 0.1) is 0 Å². The van der Waals surface area contributed by atoms with Gasteiger partial charge in [-0.25, -0.2) is 4.98 Å². The molecular formula is C13H17N3. The van der Waals surface area contributed by atoms with Gasteiger partial charge in [-0.05, 0) is 25.8 Å². The summed E-state index contributed by atoms with van der Waals surface area (Å²) in [4.78, 5) is 4.49. The Morgan fingerprint density at radius 3 is 2.75 bits per heavy atom. The SMILES string of the molecule is CCCc1nc(-c2ccc(C)cc2C)n[nH]1. The molecule has 0 aliphatic carbocycles. The predicted molar refractivity (Wildman–Crippen MR) is 65.3 cm³/mol. The minimum absolute atomic E-state index is 0.806. The summed E-state index contributed by atoms with van der Waals surface area (Å²) < 4.78 is 0. The molecule has 2 rings (SSSR count). The van der Waals surface area contributed by atoms with Crippen LogP contribution in [0, 0.1) is 13.8 Å². The van der Waals surface area contributed by atoms with Crippen molar-refractivity contribution in [2.75, 3.05) is 0 Å². The number of hydrogen-bond acceptors (Lipinski definition) is 2. The normalized spacial score (nSPS) is 10.7. The Morgan fingerprint density at radius 2 is 2.06 bits per heavy atom. The molecule has 0 saturated carbocycles. The van der Waals surface area contributed by atoms with E-state index < -0.39 is 0 Å². The lowest BCUT2D eigenvalue weighted by Gasteiger charge is -2.01. The first-order valence-electron chi connectivity index (χ1n) is 5.69. The van der Waals surface area contributed by atoms with Gasteiger partial charge in [0.15, 0.2) is 5.82 Å². The Morgan fingerprint density at radius 1 is 1.25 bits per heavy atom. The van der Waals surface area contributed by atoms with Crippen molar-refractivity contribution < 1.29 is 0 Å². The van der Waals surface area contributed by atoms with Crippen LogP contribution < -0.4 is 0 Å². The molecule has 16 heavy (non-hydrogen) atoms. The number of aromatic nitrogens is 3. The third kappa shape index (κ3) is 2.13. The monoisotopic (exact) mass is 215 g/mol. The van der Waals surface area contributed by atoms with Crippen molar-refractivity contribution in [1.29, 1.82) is 0 Å². The van der Waals surface area contributed by atoms with Crippen LogP contribution in [0.4, 0.5) is 0 Å². The smallest absolute Gasteiger partial charge is 0.181 e. The molecule has 3 nitrogen and oxygen atoms in total. The quantitative estimate of drug-likeness (QED) is 0.855. The highest BCUT2D eigenvalue weighted by atomic mass is 15.2. The van der Waals surface area contributed by atoms with E-state index in [2.05, 4.69) is 54.2 Å². The largest absolute Gasteiger partial charge is 0.263 e. The van der Waals surface area contributed by atoms with Crippen LogP contribution in [-0.4, -0.2) is 15.2 Å². The van der Waals surface area contributed by atoms with Crippen molar-refractivity contribution in [3.8, 4) is 11.4 Å². The zero-order valence-electron chi connectivity index (χ0n) is 10.0. The molecule has 1 heterocycles. The number of H-pyrrole nitrogens is 1. The van der Waals surface area contributed by atoms with E-state index in [0.717, 1.165) is 30.1 Å². The molecule has 0 fully saturated rings. The van der Waals surface area contributed by atoms with Crippen LogP contribution in [-0.2, 0) is 6.42 Å². The highest BCUT2D eigenvalue weighted by Gasteiger charge is 2.07. The van der Waals surface area contributed by atoms with Gasteiger partial charge in [0.25, 0.3) is 0 Å². The van der Waals surface area contributed by atoms with Crippen LogP contribution >= 0.6 is 0 Å². The van der Waals surface area contributed by atoms with E-state index in [1.165, 1.54) is 11.1 Å². The summed E-state index contributed by atoms with van der Waals surface area (Å²) in [5.41, 5.74) is 3.61. The molecule has 0 unspecified atom stereocenters. The Balaban J connectivity index is 2.35. The van der Waals surface area contributed by atoms with Crippen molar-refractivity contribution in [3.05, 3.63) is 35.2 Å². The van der Waals surface area contributed by atoms with Crippen molar-refractivity contribution in [3.63, 3.8) is 0 Å². The Hall–Kier alpha value is -1.64. The topological polar surface area (TPSA) is 41.6 Å². The number of aryl methyl sites for hydroxylation is 3. The van der Waals surface area contributed by atoms with Gasteiger partial charge in [-0.2, -0.15) is 5.10 Å². The third-order valence-corrected chi connectivity index (χ3v) is 2.64. The minimum Gasteiger partial charge on any atom is -0.263 e. The van der Waals surface area contributed by atoms with E-state index in [1.54, 1.807) is 0 Å². The standard InChI is InChI=1S/C13H17N3/c1-4-5-12-14-13(16-15-12)11-7-6-9(2)8-10(11)3/h6-8H,4-5H2,1-3H3,(H,14,15,16). The molecule has 0 bridgehead atoms. The van der Waals surface area contributed by atoms with Crippen LogP contribution in [0.2, 0.25) is 0 Å². The number of nitrogens with one attached hydrogen (secondary N) is 1. The highest BCUT2D eigenvalue weighted by molar-refractivity contribution is 5.60. The fourth-order valence-electron chi connectivity index (χ4n) is 1.83. The lowest BCUT2D eigenvalue weighted by Crippen LogP contribution is -1.88. The summed E-state index contributed by atoms with van der Waals surface area (Å²) in [5.74, 6) is 1.78. The van der Waals surface area contributed by atoms with Gasteiger partial charge in [-0.15, -0.1) is 0 Å². The first-order chi connectivity index (χ1) is 7.70. The van der Waals surface area contributed by atoms with Crippen molar-refractivity contribution in [1.82, 2.24) is 15.2 Å². The second-order valence-electron chi connectivity index (χ2n) is 4.17. The summed E-state index contributed by atoms with van der Waals surface area (Å²) in [6, 6.07) is 6.34. The summed E-state index contributed by atoms with van der Waals surface area (Å²) in [5, 5.41) is 7.25. The van der Waals surface area contributed by atoms with E-state index in [9.17, 15) is 0 Å². The lowest BCUT2D eigenvalue weighted by atomic mass is 10.1. The molecule has 3 heteroatoms. The fraction of sp³-hybridized carbons (Fsp3) is 0.385. The maximum atomic E-state index is 4.49. The van der Waals surface area contributed by atoms with Crippen molar-refractivity contribution in [2.24, 2.45) is 0 Å². The molecule has 0 saturated heterocycles. The maximum Gasteiger partial charge on any atom is 0.181 e. The zero-order chi connectivity index (χ0) is 11.5. The minimum atomic E-state index is 0.806. The second-order valence-corrected chi connectivity index (χ2v) is 4.17. The molecule has 2 aromatic rings. The van der Waals surface area contributed by atoms with Crippen molar-refractivity contribution >= 4 is 0 Å². The first-order valence-corrected chi connectivity index (χ1v) is 5.69. The molecule has 0 amide bonds. The summed E-state index contributed by atoms with van der Waals surface area (Å²) in [6.07, 6.45) is 2.04. The van der Waals surface area contributed by atoms with E-state index in [0.29, 0.717) is 0 Å². The number of benzene rings is 1. The zero-order valence-corrected chi connectivity index (χ0v) is 10.0. The summed E-state index contributed by atoms with van der Waals surface area (Å²) >= 11 is 0. The molecule has 1 aromatic carbocycles. The van der Waals surface area contributed by atoms with E-state index in [4.69, 9.17) is 0 Å². The van der Waals surface area contributed by atoms with E-state index in [-0.39, 0.29) is 0 Å². The summed E-state index contributed by atoms with van der Waals surface area (Å²) in [7, 11) is 0. The predicted octanol–water partition coefficient (Wildman–Crippen LogP) is 3.04. The molecule has 0 aliphatic rings. The Kier molecular flexibility index (Phi) is 3.04. The Labute approximate surface area is 95.9 Å². The van der Waals surface area contributed by atoms with Crippen molar-refractivity contribution in [2.45, 2.75) is 33.6 Å². The highest BCUT2D eigenvalue weighted by Crippen LogP contribution is 2.20. The fourth-order valence-corrected chi connectivity index (χ4v) is 1.83. The molecule has 0 atom stereocenters. The second kappa shape index (κ2) is 4.47. The van der Waals surface area contributed by atoms with Crippen LogP contribution in [0.25, 0.3) is 11.4 Å². The number of hydrogen-bond donors (Lipinski definition) is 1. The van der Waals surface area contributed by atoms with Gasteiger partial charge >= 0.3 is 0 Å². The van der Waals surface area contributed by atoms with Crippen LogP contribution in [0.5, 0.6) is 0 Å². The molecule has 1 aromatic heterocycles. The van der Waals surface area contributed by atoms with Gasteiger partial charge in [-0.1, -0.05) is 30.7 Å². The number of rotatable bonds is 3. The lowest BCUT2D eigenvalue weighted by molar-refractivity contribution is 0.841. The van der Waals surface area contributed by atoms with Gasteiger partial charge < -0.3 is 0 Å². The van der Waals surface area contributed by atoms with Gasteiger partial charge in [0.1, 0.15) is 5.82 Å². The molecule has 1 N–H and O–H groups in total. The molecule has 84 valence electrons. The van der Waals surface area contributed by atoms with Gasteiger partial charge in [-0.3, -0.25) is 5.10 Å². The number of nitrogens with zero attached hydrogens (tertiary/aromatic N) is 2.